The molecule has 0 radical (unpaired) electrons. The van der Waals surface area contributed by atoms with Crippen molar-refractivity contribution in [3.63, 3.8) is 0 Å². The zero-order valence-electron chi connectivity index (χ0n) is 16.1. The van der Waals surface area contributed by atoms with E-state index in [4.69, 9.17) is 16.3 Å². The molecule has 0 saturated heterocycles. The van der Waals surface area contributed by atoms with Gasteiger partial charge in [0.05, 0.1) is 15.5 Å². The number of carbonyl (C=O) groups excluding carboxylic acids is 1. The van der Waals surface area contributed by atoms with Crippen LogP contribution in [0.25, 0.3) is 0 Å². The average molecular weight is 448 g/mol. The van der Waals surface area contributed by atoms with Crippen LogP contribution in [0, 0.1) is 5.82 Å². The first-order valence-electron chi connectivity index (χ1n) is 8.99. The molecule has 0 fully saturated rings. The van der Waals surface area contributed by atoms with Gasteiger partial charge in [-0.25, -0.2) is 17.6 Å². The van der Waals surface area contributed by atoms with Crippen LogP contribution in [-0.4, -0.2) is 25.7 Å². The van der Waals surface area contributed by atoms with Gasteiger partial charge in [-0.3, -0.25) is 0 Å². The van der Waals surface area contributed by atoms with Crippen molar-refractivity contribution in [3.05, 3.63) is 100 Å². The molecule has 0 aliphatic heterocycles. The van der Waals surface area contributed by atoms with Gasteiger partial charge < -0.3 is 4.74 Å². The predicted octanol–water partition coefficient (Wildman–Crippen LogP) is 4.66. The van der Waals surface area contributed by atoms with Gasteiger partial charge in [-0.15, -0.1) is 0 Å². The Morgan fingerprint density at radius 2 is 1.67 bits per heavy atom. The minimum atomic E-state index is -3.86. The average Bonchev–Trinajstić information content (AvgIpc) is 2.74. The Morgan fingerprint density at radius 1 is 1.00 bits per heavy atom. The maximum Gasteiger partial charge on any atom is 0.340 e. The van der Waals surface area contributed by atoms with Gasteiger partial charge in [-0.05, 0) is 41.5 Å². The van der Waals surface area contributed by atoms with Crippen molar-refractivity contribution in [1.82, 2.24) is 4.31 Å². The van der Waals surface area contributed by atoms with Crippen LogP contribution in [0.1, 0.15) is 21.5 Å². The van der Waals surface area contributed by atoms with E-state index in [-0.39, 0.29) is 28.6 Å². The second-order valence-corrected chi connectivity index (χ2v) is 9.04. The van der Waals surface area contributed by atoms with Crippen LogP contribution in [0.15, 0.2) is 77.7 Å². The van der Waals surface area contributed by atoms with E-state index in [9.17, 15) is 17.6 Å². The molecular formula is C22H19ClFNO4S. The van der Waals surface area contributed by atoms with Crippen LogP contribution in [-0.2, 0) is 27.9 Å². The molecule has 8 heteroatoms. The summed E-state index contributed by atoms with van der Waals surface area (Å²) < 4.78 is 45.2. The Kier molecular flexibility index (Phi) is 6.87. The zero-order valence-corrected chi connectivity index (χ0v) is 17.7. The first kappa shape index (κ1) is 22.0. The molecule has 0 aliphatic rings. The molecule has 0 amide bonds. The SMILES string of the molecule is CN(Cc1ccccc1)S(=O)(=O)c1ccc(Cl)c(C(=O)OCc2ccc(F)cc2)c1. The number of sulfonamides is 1. The van der Waals surface area contributed by atoms with E-state index in [0.717, 1.165) is 5.56 Å². The largest absolute Gasteiger partial charge is 0.457 e. The number of benzene rings is 3. The summed E-state index contributed by atoms with van der Waals surface area (Å²) in [6.45, 7) is 0.0798. The zero-order chi connectivity index (χ0) is 21.7. The lowest BCUT2D eigenvalue weighted by Crippen LogP contribution is -2.26. The standard InChI is InChI=1S/C22H19ClFNO4S/c1-25(14-16-5-3-2-4-6-16)30(27,28)19-11-12-21(23)20(13-19)22(26)29-15-17-7-9-18(24)10-8-17/h2-13H,14-15H2,1H3. The molecule has 0 aromatic heterocycles. The second kappa shape index (κ2) is 9.38. The third kappa shape index (κ3) is 5.24. The maximum absolute atomic E-state index is 13.0. The quantitative estimate of drug-likeness (QED) is 0.494. The molecule has 0 aliphatic carbocycles. The van der Waals surface area contributed by atoms with Crippen molar-refractivity contribution in [1.29, 1.82) is 0 Å². The summed E-state index contributed by atoms with van der Waals surface area (Å²) in [5, 5.41) is 0.0729. The Labute approximate surface area is 179 Å². The second-order valence-electron chi connectivity index (χ2n) is 6.59. The van der Waals surface area contributed by atoms with E-state index >= 15 is 0 Å². The van der Waals surface area contributed by atoms with Crippen LogP contribution >= 0.6 is 11.6 Å². The predicted molar refractivity (Wildman–Crippen MR) is 112 cm³/mol. The third-order valence-corrected chi connectivity index (χ3v) is 6.53. The van der Waals surface area contributed by atoms with Gasteiger partial charge in [0.2, 0.25) is 10.0 Å². The van der Waals surface area contributed by atoms with Gasteiger partial charge in [0, 0.05) is 13.6 Å². The highest BCUT2D eigenvalue weighted by Crippen LogP contribution is 2.24. The number of ether oxygens (including phenoxy) is 1. The molecule has 0 spiro atoms. The fraction of sp³-hybridized carbons (Fsp3) is 0.136. The van der Waals surface area contributed by atoms with Gasteiger partial charge in [0.1, 0.15) is 12.4 Å². The van der Waals surface area contributed by atoms with E-state index in [2.05, 4.69) is 0 Å². The van der Waals surface area contributed by atoms with Gasteiger partial charge in [0.15, 0.2) is 0 Å². The molecule has 5 nitrogen and oxygen atoms in total. The Hall–Kier alpha value is -2.74. The van der Waals surface area contributed by atoms with Crippen molar-refractivity contribution in [2.24, 2.45) is 0 Å². The molecule has 0 heterocycles. The number of halogens is 2. The van der Waals surface area contributed by atoms with Crippen molar-refractivity contribution in [3.8, 4) is 0 Å². The number of carbonyl (C=O) groups is 1. The van der Waals surface area contributed by atoms with Gasteiger partial charge in [-0.2, -0.15) is 4.31 Å². The Balaban J connectivity index is 1.77. The molecule has 3 rings (SSSR count). The van der Waals surface area contributed by atoms with Gasteiger partial charge in [-0.1, -0.05) is 54.1 Å². The summed E-state index contributed by atoms with van der Waals surface area (Å²) in [7, 11) is -2.39. The molecule has 3 aromatic rings. The number of hydrogen-bond acceptors (Lipinski definition) is 4. The first-order valence-corrected chi connectivity index (χ1v) is 10.8. The lowest BCUT2D eigenvalue weighted by atomic mass is 10.2. The summed E-state index contributed by atoms with van der Waals surface area (Å²) in [6.07, 6.45) is 0. The number of nitrogens with zero attached hydrogens (tertiary/aromatic N) is 1. The topological polar surface area (TPSA) is 63.7 Å². The smallest absolute Gasteiger partial charge is 0.340 e. The maximum atomic E-state index is 13.0. The molecule has 0 unspecified atom stereocenters. The molecule has 0 bridgehead atoms. The van der Waals surface area contributed by atoms with Crippen LogP contribution < -0.4 is 0 Å². The molecular weight excluding hydrogens is 429 g/mol. The van der Waals surface area contributed by atoms with Crippen LogP contribution in [0.5, 0.6) is 0 Å². The van der Waals surface area contributed by atoms with Crippen LogP contribution in [0.2, 0.25) is 5.02 Å². The van der Waals surface area contributed by atoms with Crippen LogP contribution in [0.4, 0.5) is 4.39 Å². The summed E-state index contributed by atoms with van der Waals surface area (Å²) in [5.74, 6) is -1.17. The minimum absolute atomic E-state index is 0.0621. The van der Waals surface area contributed by atoms with E-state index < -0.39 is 21.8 Å². The summed E-state index contributed by atoms with van der Waals surface area (Å²) in [6, 6.07) is 18.5. The van der Waals surface area contributed by atoms with Gasteiger partial charge >= 0.3 is 5.97 Å². The molecule has 30 heavy (non-hydrogen) atoms. The minimum Gasteiger partial charge on any atom is -0.457 e. The molecule has 0 N–H and O–H groups in total. The highest BCUT2D eigenvalue weighted by molar-refractivity contribution is 7.89. The third-order valence-electron chi connectivity index (χ3n) is 4.40. The van der Waals surface area contributed by atoms with Gasteiger partial charge in [0.25, 0.3) is 0 Å². The lowest BCUT2D eigenvalue weighted by molar-refractivity contribution is 0.0472. The number of rotatable bonds is 7. The highest BCUT2D eigenvalue weighted by Gasteiger charge is 2.24. The van der Waals surface area contributed by atoms with E-state index in [0.29, 0.717) is 5.56 Å². The molecule has 3 aromatic carbocycles. The monoisotopic (exact) mass is 447 g/mol. The summed E-state index contributed by atoms with van der Waals surface area (Å²) >= 11 is 6.09. The normalized spacial score (nSPS) is 11.5. The molecule has 156 valence electrons. The van der Waals surface area contributed by atoms with E-state index in [1.54, 1.807) is 0 Å². The Morgan fingerprint density at radius 3 is 2.33 bits per heavy atom. The fourth-order valence-electron chi connectivity index (χ4n) is 2.73. The fourth-order valence-corrected chi connectivity index (χ4v) is 4.11. The first-order chi connectivity index (χ1) is 14.3. The lowest BCUT2D eigenvalue weighted by Gasteiger charge is -2.18. The van der Waals surface area contributed by atoms with E-state index in [1.807, 2.05) is 30.3 Å². The number of esters is 1. The van der Waals surface area contributed by atoms with Crippen molar-refractivity contribution in [2.45, 2.75) is 18.0 Å². The summed E-state index contributed by atoms with van der Waals surface area (Å²) in [4.78, 5) is 12.4. The highest BCUT2D eigenvalue weighted by atomic mass is 35.5. The van der Waals surface area contributed by atoms with Crippen molar-refractivity contribution < 1.29 is 22.3 Å². The van der Waals surface area contributed by atoms with Crippen molar-refractivity contribution in [2.75, 3.05) is 7.05 Å². The van der Waals surface area contributed by atoms with E-state index in [1.165, 1.54) is 53.8 Å². The molecule has 0 atom stereocenters. The molecule has 0 saturated carbocycles. The van der Waals surface area contributed by atoms with Crippen molar-refractivity contribution >= 4 is 27.6 Å². The summed E-state index contributed by atoms with van der Waals surface area (Å²) in [5.41, 5.74) is 1.36. The Bertz CT molecular complexity index is 1140. The number of hydrogen-bond donors (Lipinski definition) is 0. The van der Waals surface area contributed by atoms with Crippen LogP contribution in [0.3, 0.4) is 0 Å².